The van der Waals surface area contributed by atoms with Crippen molar-refractivity contribution in [2.24, 2.45) is 5.92 Å². The fourth-order valence-corrected chi connectivity index (χ4v) is 6.89. The Labute approximate surface area is 358 Å². The van der Waals surface area contributed by atoms with E-state index in [0.717, 1.165) is 40.9 Å². The maximum absolute atomic E-state index is 15.7. The van der Waals surface area contributed by atoms with E-state index in [4.69, 9.17) is 19.3 Å². The van der Waals surface area contributed by atoms with Gasteiger partial charge in [0.05, 0.1) is 30.5 Å². The molecule has 1 fully saturated rings. The van der Waals surface area contributed by atoms with E-state index in [2.05, 4.69) is 115 Å². The van der Waals surface area contributed by atoms with Gasteiger partial charge in [0.25, 0.3) is 0 Å². The number of carbonyl (C=O) groups is 2. The number of aryl methyl sites for hydroxylation is 1. The molecule has 1 aliphatic heterocycles. The zero-order valence-corrected chi connectivity index (χ0v) is 39.5. The van der Waals surface area contributed by atoms with Gasteiger partial charge >= 0.3 is 76.8 Å². The fourth-order valence-electron chi connectivity index (χ4n) is 6.89. The maximum atomic E-state index is 15.7. The van der Waals surface area contributed by atoms with Crippen LogP contribution >= 0.6 is 59.9 Å². The first-order valence-electron chi connectivity index (χ1n) is 18.6. The Hall–Kier alpha value is -1.53. The quantitative estimate of drug-likeness (QED) is 0.0872. The first-order valence-corrected chi connectivity index (χ1v) is 32.1. The van der Waals surface area contributed by atoms with Gasteiger partial charge in [-0.2, -0.15) is 5.10 Å². The molecule has 3 aromatic carbocycles. The molecule has 5 atom stereocenters. The summed E-state index contributed by atoms with van der Waals surface area (Å²) < 4.78 is 35.5. The summed E-state index contributed by atoms with van der Waals surface area (Å²) in [5.41, 5.74) is 6.97. The van der Waals surface area contributed by atoms with Crippen molar-refractivity contribution >= 4 is 71.9 Å². The van der Waals surface area contributed by atoms with Crippen LogP contribution < -0.4 is 0 Å². The number of rotatable bonds is 15. The zero-order valence-electron chi connectivity index (χ0n) is 31.6. The first kappa shape index (κ1) is 45.2. The number of carbonyl (C=O) groups excluding carboxylic acids is 2. The fraction of sp³-hybridized carbons (Fsp3) is 0.452. The molecule has 12 heteroatoms. The molecule has 1 aromatic heterocycles. The standard InChI is InChI=1S/C42H51FN2O5.3HI.V/c1-6-36-39(43)29(5)41(50-42(47)33-18-12-9-13-19-33)37(49-36)26-35-34(40(28(3)4)44-45(35)27-32-15-10-8-11-16-32)25-31-23-21-30(22-24-31)17-14-20-38(46)48-7-2;;;;/h8-13,15-16,18-19,21-24,28-29,36-37,39,41H,6-7,14,17,20,25-27H2,1-5H3;3*1H;/q;;;;+3/p-3/t29-,36+,37-,39-,41+;;;;/m0..../s1. The molecule has 2 heterocycles. The van der Waals surface area contributed by atoms with Crippen LogP contribution in [-0.2, 0) is 49.7 Å². The van der Waals surface area contributed by atoms with Crippen molar-refractivity contribution in [2.45, 2.75) is 110 Å². The van der Waals surface area contributed by atoms with E-state index in [9.17, 15) is 9.59 Å². The van der Waals surface area contributed by atoms with Crippen LogP contribution in [0, 0.1) is 5.92 Å². The second-order valence-electron chi connectivity index (χ2n) is 13.8. The van der Waals surface area contributed by atoms with Crippen molar-refractivity contribution in [1.29, 1.82) is 0 Å². The van der Waals surface area contributed by atoms with E-state index < -0.39 is 36.4 Å². The molecule has 0 amide bonds. The molecular formula is C42H51FI3N2O5V. The number of alkyl halides is 1. The van der Waals surface area contributed by atoms with Gasteiger partial charge in [0.15, 0.2) is 0 Å². The summed E-state index contributed by atoms with van der Waals surface area (Å²) in [6.07, 6.45) is 0.298. The van der Waals surface area contributed by atoms with Crippen LogP contribution in [0.3, 0.4) is 0 Å². The molecule has 292 valence electrons. The third-order valence-corrected chi connectivity index (χ3v) is 9.62. The summed E-state index contributed by atoms with van der Waals surface area (Å²) in [4.78, 5) is 24.9. The van der Waals surface area contributed by atoms with Crippen molar-refractivity contribution < 1.29 is 33.1 Å². The molecule has 0 N–H and O–H groups in total. The predicted molar refractivity (Wildman–Crippen MR) is 235 cm³/mol. The van der Waals surface area contributed by atoms with Crippen molar-refractivity contribution in [3.8, 4) is 0 Å². The van der Waals surface area contributed by atoms with Crippen LogP contribution in [-0.4, -0.2) is 52.8 Å². The van der Waals surface area contributed by atoms with Crippen molar-refractivity contribution in [2.75, 3.05) is 6.61 Å². The van der Waals surface area contributed by atoms with E-state index in [1.807, 2.05) is 45.0 Å². The number of nitrogens with zero attached hydrogens (tertiary/aromatic N) is 2. The zero-order chi connectivity index (χ0) is 39.2. The Bertz CT molecular complexity index is 1740. The van der Waals surface area contributed by atoms with Crippen LogP contribution in [0.15, 0.2) is 84.9 Å². The molecule has 4 aromatic rings. The minimum absolute atomic E-state index is 0.152. The normalized spacial score (nSPS) is 19.6. The van der Waals surface area contributed by atoms with Crippen LogP contribution in [0.1, 0.15) is 104 Å². The summed E-state index contributed by atoms with van der Waals surface area (Å²) in [5.74, 6) is -1.05. The van der Waals surface area contributed by atoms with Gasteiger partial charge in [-0.1, -0.05) is 100 Å². The Kier molecular flexibility index (Phi) is 19.3. The second-order valence-corrected chi connectivity index (χ2v) is 49.2. The first-order chi connectivity index (χ1) is 25.9. The molecule has 0 aliphatic carbocycles. The van der Waals surface area contributed by atoms with Gasteiger partial charge in [-0.05, 0) is 60.9 Å². The summed E-state index contributed by atoms with van der Waals surface area (Å²) in [6.45, 7) is 10.8. The van der Waals surface area contributed by atoms with Crippen molar-refractivity contribution in [3.05, 3.63) is 124 Å². The van der Waals surface area contributed by atoms with Crippen LogP contribution in [0.4, 0.5) is 4.39 Å². The number of hydrogen-bond donors (Lipinski definition) is 0. The van der Waals surface area contributed by atoms with Gasteiger partial charge in [0.1, 0.15) is 18.4 Å². The van der Waals surface area contributed by atoms with Crippen molar-refractivity contribution in [1.82, 2.24) is 9.78 Å². The predicted octanol–water partition coefficient (Wildman–Crippen LogP) is 11.1. The molecule has 5 rings (SSSR count). The Morgan fingerprint density at radius 2 is 1.52 bits per heavy atom. The van der Waals surface area contributed by atoms with Gasteiger partial charge < -0.3 is 14.2 Å². The van der Waals surface area contributed by atoms with E-state index in [1.165, 1.54) is 5.56 Å². The number of ether oxygens (including phenoxy) is 3. The summed E-state index contributed by atoms with van der Waals surface area (Å²) in [7, 11) is 0. The molecule has 0 saturated carbocycles. The molecule has 0 spiro atoms. The van der Waals surface area contributed by atoms with E-state index in [0.29, 0.717) is 44.4 Å². The summed E-state index contributed by atoms with van der Waals surface area (Å²) in [5, 5.41) is 5.20. The minimum atomic E-state index is -1.26. The number of benzene rings is 3. The molecule has 0 bridgehead atoms. The molecule has 1 aliphatic rings. The van der Waals surface area contributed by atoms with Gasteiger partial charge in [0, 0.05) is 36.4 Å². The SMILES string of the molecule is CCOC(=O)CCCc1ccc(Cc2c(C(C)C)nn(Cc3ccccc3)c2C[C@@H]2O[C@H](CC)[C@@H](F)[C@H](C)[C@H]2OC(=O)c2ccccc2)cc1.[I][V]([I])[I]. The van der Waals surface area contributed by atoms with E-state index >= 15 is 4.39 Å². The Balaban J connectivity index is 0.00000155. The molecule has 7 nitrogen and oxygen atoms in total. The summed E-state index contributed by atoms with van der Waals surface area (Å²) >= 11 is 7.39. The Morgan fingerprint density at radius 3 is 2.11 bits per heavy atom. The number of hydrogen-bond acceptors (Lipinski definition) is 6. The van der Waals surface area contributed by atoms with Crippen LogP contribution in [0.2, 0.25) is 0 Å². The number of esters is 2. The Morgan fingerprint density at radius 1 is 0.907 bits per heavy atom. The molecule has 54 heavy (non-hydrogen) atoms. The van der Waals surface area contributed by atoms with Gasteiger partial charge in [-0.3, -0.25) is 9.48 Å². The summed E-state index contributed by atoms with van der Waals surface area (Å²) in [6, 6.07) is 27.6. The molecule has 1 saturated heterocycles. The monoisotopic (exact) mass is 1110 g/mol. The number of aromatic nitrogens is 2. The number of halogens is 4. The van der Waals surface area contributed by atoms with E-state index in [1.54, 1.807) is 24.3 Å². The molecular weight excluding hydrogens is 1060 g/mol. The second kappa shape index (κ2) is 23.0. The van der Waals surface area contributed by atoms with Crippen LogP contribution in [0.5, 0.6) is 0 Å². The third-order valence-electron chi connectivity index (χ3n) is 9.62. The van der Waals surface area contributed by atoms with Gasteiger partial charge in [-0.25, -0.2) is 9.18 Å². The topological polar surface area (TPSA) is 79.7 Å². The average molecular weight is 1110 g/mol. The molecule has 0 unspecified atom stereocenters. The van der Waals surface area contributed by atoms with Crippen LogP contribution in [0.25, 0.3) is 0 Å². The average Bonchev–Trinajstić information content (AvgIpc) is 3.48. The van der Waals surface area contributed by atoms with Gasteiger partial charge in [0.2, 0.25) is 0 Å². The third kappa shape index (κ3) is 13.6. The van der Waals surface area contributed by atoms with Crippen molar-refractivity contribution in [3.63, 3.8) is 0 Å². The molecule has 0 radical (unpaired) electrons. The van der Waals surface area contributed by atoms with Gasteiger partial charge in [-0.15, -0.1) is 0 Å². The van der Waals surface area contributed by atoms with E-state index in [-0.39, 0.29) is 16.8 Å².